The van der Waals surface area contributed by atoms with Crippen LogP contribution >= 0.6 is 27.5 Å². The highest BCUT2D eigenvalue weighted by Crippen LogP contribution is 2.17. The van der Waals surface area contributed by atoms with Crippen molar-refractivity contribution in [1.29, 1.82) is 0 Å². The summed E-state index contributed by atoms with van der Waals surface area (Å²) < 4.78 is 7.78. The summed E-state index contributed by atoms with van der Waals surface area (Å²) in [7, 11) is 0. The monoisotopic (exact) mass is 462 g/mol. The number of ether oxygens (including phenoxy) is 1. The molecule has 2 N–H and O–H groups in total. The van der Waals surface area contributed by atoms with E-state index in [0.717, 1.165) is 10.0 Å². The van der Waals surface area contributed by atoms with Crippen molar-refractivity contribution < 1.29 is 14.3 Å². The lowest BCUT2D eigenvalue weighted by molar-refractivity contribution is -0.123. The predicted molar refractivity (Wildman–Crippen MR) is 108 cm³/mol. The molecule has 0 aliphatic heterocycles. The van der Waals surface area contributed by atoms with Crippen molar-refractivity contribution in [3.8, 4) is 5.75 Å². The van der Waals surface area contributed by atoms with Gasteiger partial charge in [-0.15, -0.1) is 0 Å². The molecule has 0 aliphatic carbocycles. The van der Waals surface area contributed by atoms with Crippen LogP contribution in [-0.4, -0.2) is 28.2 Å². The third-order valence-electron chi connectivity index (χ3n) is 3.67. The van der Waals surface area contributed by atoms with E-state index in [4.69, 9.17) is 16.3 Å². The molecule has 0 fully saturated rings. The van der Waals surface area contributed by atoms with Gasteiger partial charge in [-0.3, -0.25) is 25.1 Å². The second-order valence-electron chi connectivity index (χ2n) is 5.77. The molecule has 2 aromatic carbocycles. The Balaban J connectivity index is 1.48. The van der Waals surface area contributed by atoms with Gasteiger partial charge in [0.15, 0.2) is 6.61 Å². The zero-order valence-electron chi connectivity index (χ0n) is 14.6. The van der Waals surface area contributed by atoms with Crippen molar-refractivity contribution >= 4 is 39.3 Å². The molecule has 0 bridgehead atoms. The van der Waals surface area contributed by atoms with Crippen LogP contribution in [0.5, 0.6) is 5.75 Å². The zero-order valence-corrected chi connectivity index (χ0v) is 16.9. The molecule has 1 heterocycles. The number of hydrazine groups is 1. The Morgan fingerprint density at radius 1 is 1.14 bits per heavy atom. The number of nitrogens with one attached hydrogen (secondary N) is 2. The molecule has 9 heteroatoms. The molecule has 0 saturated carbocycles. The predicted octanol–water partition coefficient (Wildman–Crippen LogP) is 3.19. The summed E-state index contributed by atoms with van der Waals surface area (Å²) in [4.78, 5) is 24.0. The smallest absolute Gasteiger partial charge is 0.276 e. The van der Waals surface area contributed by atoms with E-state index >= 15 is 0 Å². The molecule has 0 saturated heterocycles. The van der Waals surface area contributed by atoms with E-state index in [1.807, 2.05) is 24.3 Å². The van der Waals surface area contributed by atoms with Crippen LogP contribution < -0.4 is 15.6 Å². The molecule has 7 nitrogen and oxygen atoms in total. The Morgan fingerprint density at radius 2 is 1.96 bits per heavy atom. The van der Waals surface area contributed by atoms with E-state index in [1.165, 1.54) is 6.20 Å². The summed E-state index contributed by atoms with van der Waals surface area (Å²) >= 11 is 9.45. The van der Waals surface area contributed by atoms with Gasteiger partial charge in [-0.05, 0) is 29.8 Å². The van der Waals surface area contributed by atoms with Gasteiger partial charge >= 0.3 is 0 Å². The number of amides is 2. The van der Waals surface area contributed by atoms with Crippen LogP contribution in [-0.2, 0) is 11.3 Å². The zero-order chi connectivity index (χ0) is 19.9. The van der Waals surface area contributed by atoms with Gasteiger partial charge in [-0.2, -0.15) is 5.10 Å². The third kappa shape index (κ3) is 5.58. The highest BCUT2D eigenvalue weighted by Gasteiger charge is 2.11. The fourth-order valence-electron chi connectivity index (χ4n) is 2.31. The lowest BCUT2D eigenvalue weighted by Gasteiger charge is -2.08. The van der Waals surface area contributed by atoms with Gasteiger partial charge in [0.25, 0.3) is 11.8 Å². The van der Waals surface area contributed by atoms with Crippen LogP contribution in [0.4, 0.5) is 0 Å². The van der Waals surface area contributed by atoms with Crippen molar-refractivity contribution in [2.45, 2.75) is 6.54 Å². The summed E-state index contributed by atoms with van der Waals surface area (Å²) in [5.74, 6) is -0.435. The van der Waals surface area contributed by atoms with Crippen molar-refractivity contribution in [1.82, 2.24) is 20.6 Å². The number of hydrogen-bond acceptors (Lipinski definition) is 4. The summed E-state index contributed by atoms with van der Waals surface area (Å²) in [5.41, 5.74) is 5.82. The minimum absolute atomic E-state index is 0.234. The van der Waals surface area contributed by atoms with Crippen molar-refractivity contribution in [2.24, 2.45) is 0 Å². The Kier molecular flexibility index (Phi) is 6.67. The quantitative estimate of drug-likeness (QED) is 0.550. The standard InChI is InChI=1S/C19H16BrClN4O3/c20-15-5-3-6-16(8-15)28-12-18(26)23-24-19(27)14-9-22-25(11-14)10-13-4-1-2-7-17(13)21/h1-9,11H,10,12H2,(H,23,26)(H,24,27). The fraction of sp³-hybridized carbons (Fsp3) is 0.105. The van der Waals surface area contributed by atoms with Gasteiger partial charge in [0.2, 0.25) is 0 Å². The number of carbonyl (C=O) groups is 2. The Hall–Kier alpha value is -2.84. The van der Waals surface area contributed by atoms with Gasteiger partial charge in [-0.25, -0.2) is 0 Å². The van der Waals surface area contributed by atoms with Crippen LogP contribution in [0.15, 0.2) is 65.4 Å². The van der Waals surface area contributed by atoms with E-state index in [2.05, 4.69) is 31.9 Å². The number of hydrogen-bond donors (Lipinski definition) is 2. The van der Waals surface area contributed by atoms with Crippen LogP contribution in [0, 0.1) is 0 Å². The fourth-order valence-corrected chi connectivity index (χ4v) is 2.88. The second-order valence-corrected chi connectivity index (χ2v) is 7.09. The molecule has 3 rings (SSSR count). The second kappa shape index (κ2) is 9.38. The molecular weight excluding hydrogens is 448 g/mol. The molecule has 28 heavy (non-hydrogen) atoms. The maximum absolute atomic E-state index is 12.1. The molecule has 0 radical (unpaired) electrons. The number of nitrogens with zero attached hydrogens (tertiary/aromatic N) is 2. The number of halogens is 2. The van der Waals surface area contributed by atoms with Crippen LogP contribution in [0.1, 0.15) is 15.9 Å². The summed E-state index contributed by atoms with van der Waals surface area (Å²) in [5, 5.41) is 4.77. The van der Waals surface area contributed by atoms with Gasteiger partial charge in [0.1, 0.15) is 5.75 Å². The maximum atomic E-state index is 12.1. The third-order valence-corrected chi connectivity index (χ3v) is 4.53. The van der Waals surface area contributed by atoms with Crippen molar-refractivity contribution in [3.05, 3.63) is 81.5 Å². The SMILES string of the molecule is O=C(COc1cccc(Br)c1)NNC(=O)c1cnn(Cc2ccccc2Cl)c1. The van der Waals surface area contributed by atoms with E-state index < -0.39 is 11.8 Å². The van der Waals surface area contributed by atoms with Crippen LogP contribution in [0.3, 0.4) is 0 Å². The summed E-state index contributed by atoms with van der Waals surface area (Å²) in [6.07, 6.45) is 2.99. The molecule has 0 spiro atoms. The lowest BCUT2D eigenvalue weighted by atomic mass is 10.2. The normalized spacial score (nSPS) is 10.4. The van der Waals surface area contributed by atoms with E-state index in [9.17, 15) is 9.59 Å². The first kappa shape index (κ1) is 19.9. The average Bonchev–Trinajstić information content (AvgIpc) is 3.15. The van der Waals surface area contributed by atoms with E-state index in [0.29, 0.717) is 22.9 Å². The molecular formula is C19H16BrClN4O3. The number of rotatable bonds is 6. The van der Waals surface area contributed by atoms with Gasteiger partial charge in [-0.1, -0.05) is 51.8 Å². The largest absolute Gasteiger partial charge is 0.484 e. The molecule has 144 valence electrons. The number of aromatic nitrogens is 2. The lowest BCUT2D eigenvalue weighted by Crippen LogP contribution is -2.43. The molecule has 0 atom stereocenters. The summed E-state index contributed by atoms with van der Waals surface area (Å²) in [6.45, 7) is 0.197. The van der Waals surface area contributed by atoms with E-state index in [1.54, 1.807) is 35.1 Å². The number of benzene rings is 2. The minimum Gasteiger partial charge on any atom is -0.484 e. The molecule has 3 aromatic rings. The van der Waals surface area contributed by atoms with Gasteiger partial charge < -0.3 is 4.74 Å². The molecule has 0 aliphatic rings. The Morgan fingerprint density at radius 3 is 2.75 bits per heavy atom. The Bertz CT molecular complexity index is 993. The number of carbonyl (C=O) groups excluding carboxylic acids is 2. The van der Waals surface area contributed by atoms with Crippen molar-refractivity contribution in [3.63, 3.8) is 0 Å². The molecule has 0 unspecified atom stereocenters. The Labute approximate surface area is 174 Å². The summed E-state index contributed by atoms with van der Waals surface area (Å²) in [6, 6.07) is 14.5. The molecule has 1 aromatic heterocycles. The first-order chi connectivity index (χ1) is 13.5. The average molecular weight is 464 g/mol. The minimum atomic E-state index is -0.489. The highest BCUT2D eigenvalue weighted by atomic mass is 79.9. The highest BCUT2D eigenvalue weighted by molar-refractivity contribution is 9.10. The van der Waals surface area contributed by atoms with Gasteiger partial charge in [0.05, 0.1) is 18.3 Å². The maximum Gasteiger partial charge on any atom is 0.276 e. The van der Waals surface area contributed by atoms with Crippen LogP contribution in [0.25, 0.3) is 0 Å². The molecule has 2 amide bonds. The van der Waals surface area contributed by atoms with Crippen LogP contribution in [0.2, 0.25) is 5.02 Å². The van der Waals surface area contributed by atoms with E-state index in [-0.39, 0.29) is 6.61 Å². The first-order valence-corrected chi connectivity index (χ1v) is 9.42. The first-order valence-electron chi connectivity index (χ1n) is 8.24. The van der Waals surface area contributed by atoms with Gasteiger partial charge in [0, 0.05) is 15.7 Å². The van der Waals surface area contributed by atoms with Crippen molar-refractivity contribution in [2.75, 3.05) is 6.61 Å². The topological polar surface area (TPSA) is 85.2 Å².